The van der Waals surface area contributed by atoms with Gasteiger partial charge in [-0.05, 0) is 30.6 Å². The number of hydrogen-bond acceptors (Lipinski definition) is 4. The van der Waals surface area contributed by atoms with E-state index in [0.29, 0.717) is 6.54 Å². The maximum atomic E-state index is 11.7. The van der Waals surface area contributed by atoms with E-state index in [0.717, 1.165) is 18.4 Å². The lowest BCUT2D eigenvalue weighted by molar-refractivity contribution is -0.126. The molecule has 0 spiro atoms. The van der Waals surface area contributed by atoms with Gasteiger partial charge in [0.2, 0.25) is 17.7 Å². The van der Waals surface area contributed by atoms with E-state index in [4.69, 9.17) is 12.2 Å². The number of carbonyl (C=O) groups is 3. The lowest BCUT2D eigenvalue weighted by Gasteiger charge is -2.10. The number of amides is 3. The van der Waals surface area contributed by atoms with Gasteiger partial charge in [-0.15, -0.1) is 0 Å². The summed E-state index contributed by atoms with van der Waals surface area (Å²) in [5, 5.41) is 5.28. The van der Waals surface area contributed by atoms with Crippen LogP contribution in [0.4, 0.5) is 0 Å². The number of hydrogen-bond donors (Lipinski definition) is 4. The van der Waals surface area contributed by atoms with E-state index in [9.17, 15) is 14.4 Å². The fourth-order valence-corrected chi connectivity index (χ4v) is 2.04. The molecule has 1 saturated carbocycles. The summed E-state index contributed by atoms with van der Waals surface area (Å²) in [6, 6.07) is 9.51. The smallest absolute Gasteiger partial charge is 0.238 e. The van der Waals surface area contributed by atoms with Crippen molar-refractivity contribution in [3.63, 3.8) is 0 Å². The van der Waals surface area contributed by atoms with Gasteiger partial charge in [0.05, 0.1) is 0 Å². The fourth-order valence-electron chi connectivity index (χ4n) is 1.89. The summed E-state index contributed by atoms with van der Waals surface area (Å²) in [5.74, 6) is -0.692. The number of nitrogens with one attached hydrogen (secondary N) is 4. The van der Waals surface area contributed by atoms with Crippen LogP contribution in [0.2, 0.25) is 0 Å². The zero-order valence-corrected chi connectivity index (χ0v) is 13.9. The fraction of sp³-hybridized carbons (Fsp3) is 0.375. The topological polar surface area (TPSA) is 99.3 Å². The monoisotopic (exact) mass is 348 g/mol. The third kappa shape index (κ3) is 6.74. The molecule has 24 heavy (non-hydrogen) atoms. The Hall–Kier alpha value is -2.48. The minimum Gasteiger partial charge on any atom is -0.352 e. The predicted molar refractivity (Wildman–Crippen MR) is 92.3 cm³/mol. The van der Waals surface area contributed by atoms with Gasteiger partial charge in [-0.2, -0.15) is 0 Å². The van der Waals surface area contributed by atoms with E-state index in [1.807, 2.05) is 30.3 Å². The van der Waals surface area contributed by atoms with E-state index < -0.39 is 0 Å². The molecule has 3 amide bonds. The van der Waals surface area contributed by atoms with E-state index in [2.05, 4.69) is 21.5 Å². The van der Waals surface area contributed by atoms with Crippen LogP contribution >= 0.6 is 12.2 Å². The van der Waals surface area contributed by atoms with Crippen LogP contribution in [-0.2, 0) is 20.9 Å². The van der Waals surface area contributed by atoms with Crippen LogP contribution in [-0.4, -0.2) is 22.8 Å². The third-order valence-corrected chi connectivity index (χ3v) is 3.62. The van der Waals surface area contributed by atoms with Crippen molar-refractivity contribution >= 4 is 35.1 Å². The molecule has 1 fully saturated rings. The average molecular weight is 348 g/mol. The number of thiocarbonyl (C=S) groups is 1. The van der Waals surface area contributed by atoms with Gasteiger partial charge in [-0.1, -0.05) is 30.3 Å². The Morgan fingerprint density at radius 2 is 1.67 bits per heavy atom. The van der Waals surface area contributed by atoms with Crippen LogP contribution in [0.3, 0.4) is 0 Å². The van der Waals surface area contributed by atoms with Gasteiger partial charge in [0.1, 0.15) is 0 Å². The Kier molecular flexibility index (Phi) is 6.68. The normalized spacial score (nSPS) is 12.8. The summed E-state index contributed by atoms with van der Waals surface area (Å²) in [5.41, 5.74) is 5.79. The first-order valence-electron chi connectivity index (χ1n) is 7.75. The molecule has 128 valence electrons. The van der Waals surface area contributed by atoms with Gasteiger partial charge >= 0.3 is 0 Å². The van der Waals surface area contributed by atoms with E-state index >= 15 is 0 Å². The molecule has 8 heteroatoms. The second-order valence-corrected chi connectivity index (χ2v) is 5.94. The van der Waals surface area contributed by atoms with Crippen LogP contribution in [0.15, 0.2) is 30.3 Å². The molecule has 0 aliphatic heterocycles. The largest absolute Gasteiger partial charge is 0.352 e. The first kappa shape index (κ1) is 17.9. The Morgan fingerprint density at radius 1 is 1.00 bits per heavy atom. The van der Waals surface area contributed by atoms with Crippen molar-refractivity contribution in [3.8, 4) is 0 Å². The van der Waals surface area contributed by atoms with Crippen molar-refractivity contribution in [2.45, 2.75) is 32.2 Å². The van der Waals surface area contributed by atoms with Crippen LogP contribution in [0, 0.1) is 5.92 Å². The Balaban J connectivity index is 1.55. The molecule has 0 atom stereocenters. The maximum Gasteiger partial charge on any atom is 0.238 e. The number of carbonyl (C=O) groups excluding carboxylic acids is 3. The SMILES string of the molecule is O=C(CCC(=O)NNC(=S)NC(=O)C1CC1)NCc1ccccc1. The highest BCUT2D eigenvalue weighted by molar-refractivity contribution is 7.80. The summed E-state index contributed by atoms with van der Waals surface area (Å²) < 4.78 is 0. The molecule has 0 heterocycles. The second-order valence-electron chi connectivity index (χ2n) is 5.53. The van der Waals surface area contributed by atoms with Crippen molar-refractivity contribution in [2.24, 2.45) is 5.92 Å². The zero-order chi connectivity index (χ0) is 17.4. The van der Waals surface area contributed by atoms with Gasteiger partial charge in [-0.3, -0.25) is 25.2 Å². The Labute approximate surface area is 145 Å². The molecule has 0 saturated heterocycles. The third-order valence-electron chi connectivity index (χ3n) is 3.41. The van der Waals surface area contributed by atoms with Crippen LogP contribution in [0.25, 0.3) is 0 Å². The number of rotatable bonds is 6. The lowest BCUT2D eigenvalue weighted by Crippen LogP contribution is -2.48. The minimum absolute atomic E-state index is 0.0206. The lowest BCUT2D eigenvalue weighted by atomic mass is 10.2. The molecule has 7 nitrogen and oxygen atoms in total. The molecule has 1 aromatic carbocycles. The first-order valence-corrected chi connectivity index (χ1v) is 8.15. The summed E-state index contributed by atoms with van der Waals surface area (Å²) in [6.45, 7) is 0.427. The molecular weight excluding hydrogens is 328 g/mol. The summed E-state index contributed by atoms with van der Waals surface area (Å²) in [6.07, 6.45) is 1.84. The second kappa shape index (κ2) is 8.97. The van der Waals surface area contributed by atoms with Crippen LogP contribution in [0.1, 0.15) is 31.2 Å². The summed E-state index contributed by atoms with van der Waals surface area (Å²) in [4.78, 5) is 34.8. The van der Waals surface area contributed by atoms with Gasteiger partial charge in [0.15, 0.2) is 5.11 Å². The molecule has 1 aliphatic carbocycles. The molecule has 1 aromatic rings. The molecule has 0 radical (unpaired) electrons. The van der Waals surface area contributed by atoms with Crippen molar-refractivity contribution in [2.75, 3.05) is 0 Å². The van der Waals surface area contributed by atoms with Gasteiger partial charge in [-0.25, -0.2) is 0 Å². The van der Waals surface area contributed by atoms with Crippen LogP contribution < -0.4 is 21.5 Å². The number of benzene rings is 1. The molecule has 1 aliphatic rings. The minimum atomic E-state index is -0.382. The summed E-state index contributed by atoms with van der Waals surface area (Å²) in [7, 11) is 0. The average Bonchev–Trinajstić information content (AvgIpc) is 3.42. The summed E-state index contributed by atoms with van der Waals surface area (Å²) >= 11 is 4.89. The van der Waals surface area contributed by atoms with Crippen molar-refractivity contribution in [1.29, 1.82) is 0 Å². The van der Waals surface area contributed by atoms with E-state index in [-0.39, 0.29) is 41.6 Å². The van der Waals surface area contributed by atoms with Gasteiger partial charge in [0.25, 0.3) is 0 Å². The molecule has 0 bridgehead atoms. The van der Waals surface area contributed by atoms with Gasteiger partial charge in [0, 0.05) is 25.3 Å². The molecular formula is C16H20N4O3S. The maximum absolute atomic E-state index is 11.7. The highest BCUT2D eigenvalue weighted by atomic mass is 32.1. The highest BCUT2D eigenvalue weighted by Crippen LogP contribution is 2.28. The molecule has 2 rings (SSSR count). The van der Waals surface area contributed by atoms with Crippen LogP contribution in [0.5, 0.6) is 0 Å². The molecule has 0 aromatic heterocycles. The quantitative estimate of drug-likeness (QED) is 0.444. The van der Waals surface area contributed by atoms with E-state index in [1.165, 1.54) is 0 Å². The zero-order valence-electron chi connectivity index (χ0n) is 13.1. The standard InChI is InChI=1S/C16H20N4O3S/c21-13(17-10-11-4-2-1-3-5-11)8-9-14(22)19-20-16(24)18-15(23)12-6-7-12/h1-5,12H,6-10H2,(H,17,21)(H,19,22)(H2,18,20,23,24). The Bertz CT molecular complexity index is 617. The molecule has 0 unspecified atom stereocenters. The predicted octanol–water partition coefficient (Wildman–Crippen LogP) is 0.515. The van der Waals surface area contributed by atoms with Crippen molar-refractivity contribution < 1.29 is 14.4 Å². The number of hydrazine groups is 1. The Morgan fingerprint density at radius 3 is 2.33 bits per heavy atom. The first-order chi connectivity index (χ1) is 11.5. The van der Waals surface area contributed by atoms with Gasteiger partial charge < -0.3 is 10.6 Å². The van der Waals surface area contributed by atoms with E-state index in [1.54, 1.807) is 0 Å². The highest BCUT2D eigenvalue weighted by Gasteiger charge is 2.30. The van der Waals surface area contributed by atoms with Crippen molar-refractivity contribution in [1.82, 2.24) is 21.5 Å². The van der Waals surface area contributed by atoms with Crippen molar-refractivity contribution in [3.05, 3.63) is 35.9 Å². The molecule has 4 N–H and O–H groups in total.